The zero-order valence-corrected chi connectivity index (χ0v) is 46.7. The van der Waals surface area contributed by atoms with E-state index in [1.807, 2.05) is 0 Å². The van der Waals surface area contributed by atoms with Crippen LogP contribution in [-0.4, -0.2) is 123 Å². The number of aromatic nitrogens is 2. The second-order valence-electron chi connectivity index (χ2n) is 21.4. The number of benzene rings is 2. The van der Waals surface area contributed by atoms with Crippen molar-refractivity contribution in [3.05, 3.63) is 97.6 Å². The number of esters is 1. The number of unbranched alkanes of at least 4 members (excludes halogenated alkanes) is 2. The molecule has 5 heterocycles. The molecular weight excluding hydrogens is 1070 g/mol. The lowest BCUT2D eigenvalue weighted by atomic mass is 9.81. The van der Waals surface area contributed by atoms with Gasteiger partial charge in [0.15, 0.2) is 5.60 Å². The number of nitrogens with one attached hydrogen (secondary N) is 6. The van der Waals surface area contributed by atoms with Gasteiger partial charge in [-0.3, -0.25) is 48.1 Å². The van der Waals surface area contributed by atoms with Crippen LogP contribution in [0.5, 0.6) is 0 Å². The number of hydrogen-bond donors (Lipinski definition) is 8. The molecule has 24 heteroatoms. The number of fused-ring (bicyclic) bond motifs is 5. The zero-order valence-electron chi connectivity index (χ0n) is 45.8. The third kappa shape index (κ3) is 12.8. The lowest BCUT2D eigenvalue weighted by Crippen LogP contribution is -2.58. The molecule has 0 bridgehead atoms. The Labute approximate surface area is 471 Å². The van der Waals surface area contributed by atoms with Gasteiger partial charge in [0.1, 0.15) is 43.9 Å². The minimum absolute atomic E-state index is 0.00500. The number of nitrogens with zero attached hydrogens (tertiary/aromatic N) is 3. The molecule has 22 nitrogen and oxygen atoms in total. The number of rotatable bonds is 24. The van der Waals surface area contributed by atoms with Crippen molar-refractivity contribution in [1.29, 1.82) is 0 Å². The van der Waals surface area contributed by atoms with Crippen LogP contribution in [0.3, 0.4) is 0 Å². The highest BCUT2D eigenvalue weighted by Gasteiger charge is 2.46. The topological polar surface area (TPSA) is 303 Å². The van der Waals surface area contributed by atoms with Crippen molar-refractivity contribution in [2.75, 3.05) is 32.2 Å². The molecule has 4 aliphatic rings. The number of aliphatic hydroxyl groups is 1. The normalized spacial score (nSPS) is 19.0. The van der Waals surface area contributed by atoms with Crippen molar-refractivity contribution < 1.29 is 62.1 Å². The van der Waals surface area contributed by atoms with Crippen LogP contribution in [0.4, 0.5) is 4.39 Å². The van der Waals surface area contributed by atoms with Crippen LogP contribution in [0.25, 0.3) is 22.3 Å². The van der Waals surface area contributed by atoms with E-state index in [0.29, 0.717) is 76.6 Å². The maximum Gasteiger partial charge on any atom is 0.343 e. The highest BCUT2D eigenvalue weighted by molar-refractivity contribution is 7.80. The van der Waals surface area contributed by atoms with Crippen LogP contribution in [0, 0.1) is 24.6 Å². The first-order chi connectivity index (χ1) is 38.6. The van der Waals surface area contributed by atoms with Crippen molar-refractivity contribution in [2.24, 2.45) is 11.8 Å². The number of ether oxygens (including phenoxy) is 2. The fourth-order valence-electron chi connectivity index (χ4n) is 10.9. The molecule has 3 aliphatic heterocycles. The van der Waals surface area contributed by atoms with E-state index in [4.69, 9.17) is 14.5 Å². The number of pyridine rings is 2. The average molecular weight is 1140 g/mol. The van der Waals surface area contributed by atoms with Crippen molar-refractivity contribution >= 4 is 76.8 Å². The van der Waals surface area contributed by atoms with Gasteiger partial charge < -0.3 is 51.0 Å². The molecule has 432 valence electrons. The number of carbonyl (C=O) groups excluding carboxylic acids is 9. The number of thiol groups is 1. The fourth-order valence-corrected chi connectivity index (χ4v) is 11.2. The Morgan fingerprint density at radius 1 is 0.914 bits per heavy atom. The highest BCUT2D eigenvalue weighted by Crippen LogP contribution is 2.46. The molecule has 8 amide bonds. The van der Waals surface area contributed by atoms with Crippen LogP contribution >= 0.6 is 12.6 Å². The maximum absolute atomic E-state index is 15.4. The Kier molecular flexibility index (Phi) is 18.7. The molecule has 81 heavy (non-hydrogen) atoms. The van der Waals surface area contributed by atoms with E-state index >= 15 is 4.39 Å². The van der Waals surface area contributed by atoms with E-state index in [1.54, 1.807) is 71.0 Å². The van der Waals surface area contributed by atoms with Crippen molar-refractivity contribution in [3.8, 4) is 11.4 Å². The van der Waals surface area contributed by atoms with Crippen LogP contribution in [0.2, 0.25) is 0 Å². The molecular formula is C57H68FN9O13S. The number of carbonyl (C=O) groups is 9. The van der Waals surface area contributed by atoms with Gasteiger partial charge in [-0.15, -0.1) is 0 Å². The van der Waals surface area contributed by atoms with Crippen molar-refractivity contribution in [2.45, 2.75) is 135 Å². The molecule has 6 atom stereocenters. The first kappa shape index (κ1) is 59.5. The molecule has 4 aromatic rings. The molecule has 2 aromatic carbocycles. The summed E-state index contributed by atoms with van der Waals surface area (Å²) >= 11 is 4.30. The summed E-state index contributed by atoms with van der Waals surface area (Å²) in [4.78, 5) is 138. The van der Waals surface area contributed by atoms with Gasteiger partial charge in [0.2, 0.25) is 47.3 Å². The summed E-state index contributed by atoms with van der Waals surface area (Å²) in [5.74, 6) is -6.37. The predicted octanol–water partition coefficient (Wildman–Crippen LogP) is 2.08. The lowest BCUT2D eigenvalue weighted by molar-refractivity contribution is -0.172. The Bertz CT molecular complexity index is 3250. The highest BCUT2D eigenvalue weighted by atomic mass is 32.1. The summed E-state index contributed by atoms with van der Waals surface area (Å²) in [5.41, 5.74) is 1.80. The van der Waals surface area contributed by atoms with Gasteiger partial charge in [-0.2, -0.15) is 12.6 Å². The fraction of sp³-hybridized carbons (Fsp3) is 0.491. The standard InChI is InChI=1S/C57H68FN9O13S/c1-6-57(78)36-21-42-50-34(24-67(42)55(76)35(36)25-80-56(57)77)48-38(17-16-33-31(5)37(58)22-39(62-50)47(33)48)61-45(70)26-79-28-60-44(69)23-59-51(72)40(20-32-13-9-7-10-14-32)63-52(73)41(27-81)64-53(74)49(29(2)3)65-43(68)15-11-8-12-18-66-46(71)19-30(4)54(66)75/h7,9-10,13-14,21-22,29-30,38,40-41,49,78,81H,6,8,11-12,15-20,23-28H2,1-5H3,(H,59,72)(H,60,69)(H,61,70)(H,63,73)(H,64,74)(H,65,68)/t30?,38-,40-,41-,49-,57-/m0/s1. The van der Waals surface area contributed by atoms with Crippen molar-refractivity contribution in [3.63, 3.8) is 0 Å². The summed E-state index contributed by atoms with van der Waals surface area (Å²) in [5, 5.41) is 28.1. The first-order valence-corrected chi connectivity index (χ1v) is 27.9. The SMILES string of the molecule is CC[C@@]1(O)C(=O)OCc2c1cc1n(c2=O)Cc2c-1nc1cc(F)c(C)c3c1c2[C@@H](NC(=O)COCNC(=O)CNC(=O)[C@H](Cc1ccccc1)NC(=O)[C@H](CS)NC(=O)[C@@H](NC(=O)CCCCCN1C(=O)CC(C)C1=O)C(C)C)CC3. The number of imide groups is 1. The molecule has 8 rings (SSSR count). The van der Waals surface area contributed by atoms with Gasteiger partial charge in [-0.1, -0.05) is 64.4 Å². The molecule has 1 fully saturated rings. The van der Waals surface area contributed by atoms with E-state index in [1.165, 1.54) is 15.5 Å². The second kappa shape index (κ2) is 25.5. The Balaban J connectivity index is 0.836. The summed E-state index contributed by atoms with van der Waals surface area (Å²) < 4.78 is 27.6. The molecule has 1 saturated heterocycles. The Hall–Kier alpha value is -7.57. The van der Waals surface area contributed by atoms with Gasteiger partial charge in [-0.05, 0) is 73.3 Å². The monoisotopic (exact) mass is 1140 g/mol. The lowest BCUT2D eigenvalue weighted by Gasteiger charge is -2.31. The number of amides is 8. The molecule has 7 N–H and O–H groups in total. The van der Waals surface area contributed by atoms with E-state index in [0.717, 1.165) is 5.56 Å². The van der Waals surface area contributed by atoms with E-state index in [-0.39, 0.29) is 85.9 Å². The summed E-state index contributed by atoms with van der Waals surface area (Å²) in [6.07, 6.45) is 2.56. The summed E-state index contributed by atoms with van der Waals surface area (Å²) in [6, 6.07) is 7.53. The van der Waals surface area contributed by atoms with Crippen LogP contribution in [-0.2, 0) is 84.2 Å². The van der Waals surface area contributed by atoms with Crippen LogP contribution in [0.1, 0.15) is 118 Å². The number of halogens is 1. The summed E-state index contributed by atoms with van der Waals surface area (Å²) in [7, 11) is 0. The second-order valence-corrected chi connectivity index (χ2v) is 21.7. The molecule has 0 spiro atoms. The summed E-state index contributed by atoms with van der Waals surface area (Å²) in [6.45, 7) is 6.97. The minimum Gasteiger partial charge on any atom is -0.458 e. The van der Waals surface area contributed by atoms with E-state index in [2.05, 4.69) is 44.5 Å². The largest absolute Gasteiger partial charge is 0.458 e. The first-order valence-electron chi connectivity index (χ1n) is 27.3. The number of aryl methyl sites for hydroxylation is 1. The molecule has 1 aliphatic carbocycles. The third-order valence-corrected chi connectivity index (χ3v) is 15.9. The van der Waals surface area contributed by atoms with Gasteiger partial charge in [0, 0.05) is 60.1 Å². The van der Waals surface area contributed by atoms with Crippen LogP contribution in [0.15, 0.2) is 47.3 Å². The maximum atomic E-state index is 15.4. The zero-order chi connectivity index (χ0) is 58.4. The molecule has 2 aromatic heterocycles. The van der Waals surface area contributed by atoms with Crippen molar-refractivity contribution in [1.82, 2.24) is 46.4 Å². The average Bonchev–Trinajstić information content (AvgIpc) is 2.50. The Morgan fingerprint density at radius 2 is 1.65 bits per heavy atom. The Morgan fingerprint density at radius 3 is 2.35 bits per heavy atom. The van der Waals surface area contributed by atoms with Crippen LogP contribution < -0.4 is 37.5 Å². The molecule has 0 radical (unpaired) electrons. The van der Waals surface area contributed by atoms with Gasteiger partial charge >= 0.3 is 5.97 Å². The third-order valence-electron chi connectivity index (χ3n) is 15.5. The predicted molar refractivity (Wildman–Crippen MR) is 294 cm³/mol. The van der Waals surface area contributed by atoms with Gasteiger partial charge in [-0.25, -0.2) is 14.2 Å². The molecule has 0 saturated carbocycles. The van der Waals surface area contributed by atoms with E-state index in [9.17, 15) is 53.1 Å². The number of hydrogen-bond acceptors (Lipinski definition) is 15. The van der Waals surface area contributed by atoms with E-state index < -0.39 is 102 Å². The smallest absolute Gasteiger partial charge is 0.343 e. The minimum atomic E-state index is -2.06. The number of cyclic esters (lactones) is 1. The van der Waals surface area contributed by atoms with Gasteiger partial charge in [0.05, 0.1) is 41.6 Å². The molecule has 1 unspecified atom stereocenters. The quantitative estimate of drug-likeness (QED) is 0.0144. The number of likely N-dealkylation sites (tertiary alicyclic amines) is 1. The van der Waals surface area contributed by atoms with Gasteiger partial charge in [0.25, 0.3) is 5.56 Å².